The van der Waals surface area contributed by atoms with Gasteiger partial charge in [0.05, 0.1) is 5.92 Å². The van der Waals surface area contributed by atoms with Gasteiger partial charge in [0.2, 0.25) is 0 Å². The molecule has 0 radical (unpaired) electrons. The summed E-state index contributed by atoms with van der Waals surface area (Å²) in [6.45, 7) is 4.19. The zero-order chi connectivity index (χ0) is 27.5. The average molecular weight is 517 g/mol. The Morgan fingerprint density at radius 3 is 1.87 bits per heavy atom. The van der Waals surface area contributed by atoms with Gasteiger partial charge in [-0.2, -0.15) is 0 Å². The van der Waals surface area contributed by atoms with Gasteiger partial charge in [-0.05, 0) is 41.0 Å². The summed E-state index contributed by atoms with van der Waals surface area (Å²) in [5.41, 5.74) is 3.89. The van der Waals surface area contributed by atoms with Crippen molar-refractivity contribution < 1.29 is 24.6 Å². The molecule has 200 valence electrons. The van der Waals surface area contributed by atoms with Crippen LogP contribution in [0.5, 0.6) is 0 Å². The van der Waals surface area contributed by atoms with E-state index in [0.717, 1.165) is 22.3 Å². The maximum atomic E-state index is 13.2. The average Bonchev–Trinajstić information content (AvgIpc) is 2.91. The molecule has 2 atom stereocenters. The molecule has 7 heteroatoms. The highest BCUT2D eigenvalue weighted by atomic mass is 16.4. The quantitative estimate of drug-likeness (QED) is 0.284. The predicted octanol–water partition coefficient (Wildman–Crippen LogP) is 5.35. The van der Waals surface area contributed by atoms with E-state index in [1.165, 1.54) is 4.90 Å². The molecule has 3 N–H and O–H groups in total. The molecule has 3 aromatic carbocycles. The number of urea groups is 1. The van der Waals surface area contributed by atoms with E-state index in [4.69, 9.17) is 0 Å². The topological polar surface area (TPSA) is 107 Å². The molecule has 38 heavy (non-hydrogen) atoms. The number of benzene rings is 3. The van der Waals surface area contributed by atoms with Crippen LogP contribution in [0.2, 0.25) is 0 Å². The van der Waals surface area contributed by atoms with Crippen LogP contribution >= 0.6 is 0 Å². The first kappa shape index (κ1) is 28.4. The third kappa shape index (κ3) is 8.76. The number of hydrogen-bond donors (Lipinski definition) is 3. The molecule has 2 amide bonds. The third-order valence-corrected chi connectivity index (χ3v) is 6.38. The van der Waals surface area contributed by atoms with Gasteiger partial charge in [-0.25, -0.2) is 9.59 Å². The van der Waals surface area contributed by atoms with Crippen LogP contribution < -0.4 is 5.32 Å². The van der Waals surface area contributed by atoms with E-state index in [9.17, 15) is 24.6 Å². The lowest BCUT2D eigenvalue weighted by molar-refractivity contribution is -0.142. The minimum absolute atomic E-state index is 0.00426. The molecule has 0 aliphatic heterocycles. The second kappa shape index (κ2) is 14.0. The van der Waals surface area contributed by atoms with Gasteiger partial charge in [0.15, 0.2) is 0 Å². The Kier molecular flexibility index (Phi) is 10.5. The van der Waals surface area contributed by atoms with E-state index < -0.39 is 29.9 Å². The van der Waals surface area contributed by atoms with Crippen molar-refractivity contribution in [3.63, 3.8) is 0 Å². The molecule has 0 aliphatic carbocycles. The summed E-state index contributed by atoms with van der Waals surface area (Å²) in [5.74, 6) is -2.81. The standard InChI is InChI=1S/C31H36N2O5/c1-22(2)20-33(21-27(29(34)35)18-13-23-9-5-3-6-10-23)31(38)32-28(30(36)37)19-24-14-16-26(17-15-24)25-11-7-4-8-12-25/h3-12,14-17,22,27-28H,13,18-21H2,1-2H3,(H,32,38)(H,34,35)(H,36,37). The van der Waals surface area contributed by atoms with Crippen LogP contribution in [0.3, 0.4) is 0 Å². The first-order chi connectivity index (χ1) is 18.2. The van der Waals surface area contributed by atoms with Gasteiger partial charge in [-0.3, -0.25) is 4.79 Å². The number of aliphatic carboxylic acids is 2. The maximum Gasteiger partial charge on any atom is 0.326 e. The van der Waals surface area contributed by atoms with E-state index in [1.54, 1.807) is 0 Å². The lowest BCUT2D eigenvalue weighted by atomic mass is 9.98. The highest BCUT2D eigenvalue weighted by Crippen LogP contribution is 2.20. The Morgan fingerprint density at radius 2 is 1.32 bits per heavy atom. The molecule has 2 unspecified atom stereocenters. The molecule has 0 aromatic heterocycles. The van der Waals surface area contributed by atoms with Gasteiger partial charge in [0.25, 0.3) is 0 Å². The van der Waals surface area contributed by atoms with Crippen molar-refractivity contribution in [2.75, 3.05) is 13.1 Å². The fourth-order valence-electron chi connectivity index (χ4n) is 4.37. The Balaban J connectivity index is 1.67. The lowest BCUT2D eigenvalue weighted by Gasteiger charge is -2.29. The molecule has 0 heterocycles. The molecular weight excluding hydrogens is 480 g/mol. The Hall–Kier alpha value is -4.13. The largest absolute Gasteiger partial charge is 0.481 e. The summed E-state index contributed by atoms with van der Waals surface area (Å²) in [4.78, 5) is 38.7. The third-order valence-electron chi connectivity index (χ3n) is 6.38. The van der Waals surface area contributed by atoms with Gasteiger partial charge >= 0.3 is 18.0 Å². The first-order valence-corrected chi connectivity index (χ1v) is 12.9. The normalized spacial score (nSPS) is 12.5. The lowest BCUT2D eigenvalue weighted by Crippen LogP contribution is -2.51. The summed E-state index contributed by atoms with van der Waals surface area (Å²) < 4.78 is 0. The van der Waals surface area contributed by atoms with Gasteiger partial charge in [0, 0.05) is 19.5 Å². The fraction of sp³-hybridized carbons (Fsp3) is 0.323. The number of hydrogen-bond acceptors (Lipinski definition) is 3. The number of carboxylic acid groups (broad SMARTS) is 2. The maximum absolute atomic E-state index is 13.2. The van der Waals surface area contributed by atoms with Crippen molar-refractivity contribution in [2.24, 2.45) is 11.8 Å². The van der Waals surface area contributed by atoms with E-state index in [-0.39, 0.29) is 18.9 Å². The Labute approximate surface area is 224 Å². The highest BCUT2D eigenvalue weighted by Gasteiger charge is 2.28. The van der Waals surface area contributed by atoms with E-state index >= 15 is 0 Å². The van der Waals surface area contributed by atoms with Gasteiger partial charge < -0.3 is 20.4 Å². The smallest absolute Gasteiger partial charge is 0.326 e. The number of aryl methyl sites for hydroxylation is 1. The van der Waals surface area contributed by atoms with Gasteiger partial charge in [-0.15, -0.1) is 0 Å². The van der Waals surface area contributed by atoms with Gasteiger partial charge in [-0.1, -0.05) is 98.8 Å². The van der Waals surface area contributed by atoms with E-state index in [1.807, 2.05) is 98.8 Å². The molecule has 3 rings (SSSR count). The number of rotatable bonds is 13. The second-order valence-corrected chi connectivity index (χ2v) is 9.97. The van der Waals surface area contributed by atoms with E-state index in [0.29, 0.717) is 19.4 Å². The van der Waals surface area contributed by atoms with Crippen LogP contribution in [0.4, 0.5) is 4.79 Å². The Morgan fingerprint density at radius 1 is 0.737 bits per heavy atom. The summed E-state index contributed by atoms with van der Waals surface area (Å²) in [5, 5.41) is 22.3. The first-order valence-electron chi connectivity index (χ1n) is 12.9. The molecule has 0 fully saturated rings. The number of carboxylic acids is 2. The van der Waals surface area contributed by atoms with Crippen molar-refractivity contribution in [1.29, 1.82) is 0 Å². The van der Waals surface area contributed by atoms with Crippen LogP contribution in [0.25, 0.3) is 11.1 Å². The zero-order valence-electron chi connectivity index (χ0n) is 21.9. The molecule has 0 aliphatic rings. The molecule has 0 saturated carbocycles. The molecule has 0 saturated heterocycles. The number of nitrogens with one attached hydrogen (secondary N) is 1. The minimum Gasteiger partial charge on any atom is -0.481 e. The van der Waals surface area contributed by atoms with Gasteiger partial charge in [0.1, 0.15) is 6.04 Å². The van der Waals surface area contributed by atoms with Crippen LogP contribution in [0, 0.1) is 11.8 Å². The number of amides is 2. The van der Waals surface area contributed by atoms with Crippen LogP contribution in [-0.4, -0.2) is 52.2 Å². The van der Waals surface area contributed by atoms with Crippen molar-refractivity contribution in [3.05, 3.63) is 96.1 Å². The number of carbonyl (C=O) groups is 3. The molecular formula is C31H36N2O5. The summed E-state index contributed by atoms with van der Waals surface area (Å²) in [6.07, 6.45) is 1.06. The number of carbonyl (C=O) groups excluding carboxylic acids is 1. The van der Waals surface area contributed by atoms with Crippen LogP contribution in [0.15, 0.2) is 84.9 Å². The summed E-state index contributed by atoms with van der Waals surface area (Å²) in [6, 6.07) is 25.3. The zero-order valence-corrected chi connectivity index (χ0v) is 21.9. The number of nitrogens with zero attached hydrogens (tertiary/aromatic N) is 1. The monoisotopic (exact) mass is 516 g/mol. The van der Waals surface area contributed by atoms with E-state index in [2.05, 4.69) is 5.32 Å². The second-order valence-electron chi connectivity index (χ2n) is 9.97. The van der Waals surface area contributed by atoms with Crippen molar-refractivity contribution in [3.8, 4) is 11.1 Å². The van der Waals surface area contributed by atoms with Crippen LogP contribution in [0.1, 0.15) is 31.4 Å². The minimum atomic E-state index is -1.15. The highest BCUT2D eigenvalue weighted by molar-refractivity contribution is 5.83. The summed E-state index contributed by atoms with van der Waals surface area (Å²) in [7, 11) is 0. The molecule has 0 spiro atoms. The van der Waals surface area contributed by atoms with Crippen molar-refractivity contribution in [1.82, 2.24) is 10.2 Å². The SMILES string of the molecule is CC(C)CN(CC(CCc1ccccc1)C(=O)O)C(=O)NC(Cc1ccc(-c2ccccc2)cc1)C(=O)O. The molecule has 3 aromatic rings. The molecule has 0 bridgehead atoms. The van der Waals surface area contributed by atoms with Crippen molar-refractivity contribution >= 4 is 18.0 Å². The predicted molar refractivity (Wildman–Crippen MR) is 148 cm³/mol. The summed E-state index contributed by atoms with van der Waals surface area (Å²) >= 11 is 0. The Bertz CT molecular complexity index is 1180. The van der Waals surface area contributed by atoms with Crippen LogP contribution in [-0.2, 0) is 22.4 Å². The fourth-order valence-corrected chi connectivity index (χ4v) is 4.37. The van der Waals surface area contributed by atoms with Crippen molar-refractivity contribution in [2.45, 2.75) is 39.2 Å². The molecule has 7 nitrogen and oxygen atoms in total.